The number of ketones is 1. The van der Waals surface area contributed by atoms with Gasteiger partial charge in [-0.05, 0) is 19.1 Å². The van der Waals surface area contributed by atoms with Crippen LogP contribution in [0.1, 0.15) is 22.8 Å². The Hall–Kier alpha value is -1.59. The van der Waals surface area contributed by atoms with Crippen molar-refractivity contribution in [2.45, 2.75) is 6.92 Å². The number of hydrogen-bond donors (Lipinski definition) is 0. The van der Waals surface area contributed by atoms with Crippen LogP contribution in [0.4, 0.5) is 0 Å². The molecule has 0 N–H and O–H groups in total. The van der Waals surface area contributed by atoms with E-state index in [1.165, 1.54) is 0 Å². The lowest BCUT2D eigenvalue weighted by molar-refractivity contribution is 0.101. The third kappa shape index (κ3) is 3.04. The molecule has 0 bridgehead atoms. The van der Waals surface area contributed by atoms with Crippen LogP contribution in [0.5, 0.6) is 0 Å². The lowest BCUT2D eigenvalue weighted by Crippen LogP contribution is -1.91. The van der Waals surface area contributed by atoms with Gasteiger partial charge >= 0.3 is 0 Å². The topological polar surface area (TPSA) is 26.3 Å². The number of benzene rings is 1. The molecule has 0 aliphatic heterocycles. The second-order valence-corrected chi connectivity index (χ2v) is 2.87. The van der Waals surface area contributed by atoms with Crippen molar-refractivity contribution in [2.24, 2.45) is 0 Å². The van der Waals surface area contributed by atoms with Crippen LogP contribution in [0.15, 0.2) is 24.3 Å². The first-order valence-corrected chi connectivity index (χ1v) is 4.33. The van der Waals surface area contributed by atoms with Gasteiger partial charge in [0.1, 0.15) is 6.61 Å². The Morgan fingerprint density at radius 3 is 2.93 bits per heavy atom. The number of ether oxygens (including phenoxy) is 1. The second kappa shape index (κ2) is 5.21. The van der Waals surface area contributed by atoms with Crippen LogP contribution in [0.3, 0.4) is 0 Å². The lowest BCUT2D eigenvalue weighted by atomic mass is 10.1. The molecule has 0 atom stereocenters. The highest BCUT2D eigenvalue weighted by Gasteiger charge is 1.97. The third-order valence-electron chi connectivity index (χ3n) is 1.72. The molecule has 0 saturated carbocycles. The van der Waals surface area contributed by atoms with Gasteiger partial charge in [0.2, 0.25) is 0 Å². The van der Waals surface area contributed by atoms with E-state index in [4.69, 9.17) is 4.74 Å². The summed E-state index contributed by atoms with van der Waals surface area (Å²) in [5.74, 6) is 5.80. The highest BCUT2D eigenvalue weighted by atomic mass is 16.5. The number of hydrogen-bond acceptors (Lipinski definition) is 2. The van der Waals surface area contributed by atoms with Gasteiger partial charge in [-0.1, -0.05) is 24.0 Å². The quantitative estimate of drug-likeness (QED) is 0.523. The highest BCUT2D eigenvalue weighted by molar-refractivity contribution is 5.94. The van der Waals surface area contributed by atoms with E-state index in [1.54, 1.807) is 26.2 Å². The Morgan fingerprint density at radius 2 is 2.29 bits per heavy atom. The molecule has 0 unspecified atom stereocenters. The Kier molecular flexibility index (Phi) is 3.90. The molecule has 0 aliphatic rings. The van der Waals surface area contributed by atoms with Gasteiger partial charge in [0.15, 0.2) is 5.78 Å². The van der Waals surface area contributed by atoms with Crippen LogP contribution in [-0.2, 0) is 4.74 Å². The number of rotatable bonds is 2. The molecule has 14 heavy (non-hydrogen) atoms. The molecule has 0 radical (unpaired) electrons. The van der Waals surface area contributed by atoms with Crippen molar-refractivity contribution in [3.8, 4) is 11.8 Å². The number of carbonyl (C=O) groups excluding carboxylic acids is 1. The summed E-state index contributed by atoms with van der Waals surface area (Å²) >= 11 is 0. The Balaban J connectivity index is 2.85. The van der Waals surface area contributed by atoms with Crippen LogP contribution < -0.4 is 0 Å². The SMILES string of the molecule is COCC#Cc1cccc(C(C)=O)c1. The van der Waals surface area contributed by atoms with Crippen LogP contribution in [0, 0.1) is 11.8 Å². The molecule has 2 heteroatoms. The minimum Gasteiger partial charge on any atom is -0.372 e. The van der Waals surface area contributed by atoms with Gasteiger partial charge < -0.3 is 4.74 Å². The molecule has 1 aromatic rings. The molecule has 72 valence electrons. The van der Waals surface area contributed by atoms with Gasteiger partial charge in [-0.15, -0.1) is 0 Å². The summed E-state index contributed by atoms with van der Waals surface area (Å²) < 4.78 is 4.80. The molecule has 0 fully saturated rings. The van der Waals surface area contributed by atoms with Gasteiger partial charge in [0.25, 0.3) is 0 Å². The van der Waals surface area contributed by atoms with Crippen molar-refractivity contribution in [3.05, 3.63) is 35.4 Å². The summed E-state index contributed by atoms with van der Waals surface area (Å²) in [6.45, 7) is 1.95. The molecule has 0 aliphatic carbocycles. The molecule has 0 spiro atoms. The fourth-order valence-electron chi connectivity index (χ4n) is 1.03. The average molecular weight is 188 g/mol. The molecular formula is C12H12O2. The normalized spacial score (nSPS) is 9.00. The molecule has 0 aromatic heterocycles. The first-order valence-electron chi connectivity index (χ1n) is 4.33. The van der Waals surface area contributed by atoms with Crippen molar-refractivity contribution in [3.63, 3.8) is 0 Å². The Labute approximate surface area is 83.9 Å². The molecule has 1 rings (SSSR count). The largest absolute Gasteiger partial charge is 0.372 e. The predicted molar refractivity (Wildman–Crippen MR) is 55.2 cm³/mol. The van der Waals surface area contributed by atoms with Crippen molar-refractivity contribution in [2.75, 3.05) is 13.7 Å². The van der Waals surface area contributed by atoms with E-state index in [0.29, 0.717) is 12.2 Å². The number of methoxy groups -OCH3 is 1. The first kappa shape index (κ1) is 10.5. The minimum atomic E-state index is 0.0559. The molecule has 0 heterocycles. The summed E-state index contributed by atoms with van der Waals surface area (Å²) in [5.41, 5.74) is 1.53. The van der Waals surface area contributed by atoms with E-state index in [-0.39, 0.29) is 5.78 Å². The van der Waals surface area contributed by atoms with E-state index < -0.39 is 0 Å². The zero-order valence-corrected chi connectivity index (χ0v) is 8.33. The van der Waals surface area contributed by atoms with Gasteiger partial charge in [-0.2, -0.15) is 0 Å². The van der Waals surface area contributed by atoms with E-state index in [2.05, 4.69) is 11.8 Å². The van der Waals surface area contributed by atoms with Crippen molar-refractivity contribution >= 4 is 5.78 Å². The standard InChI is InChI=1S/C12H12O2/c1-10(13)12-7-3-5-11(9-12)6-4-8-14-2/h3,5,7,9H,8H2,1-2H3. The fourth-order valence-corrected chi connectivity index (χ4v) is 1.03. The summed E-state index contributed by atoms with van der Waals surface area (Å²) in [6, 6.07) is 7.26. The van der Waals surface area contributed by atoms with Crippen LogP contribution in [0.2, 0.25) is 0 Å². The van der Waals surface area contributed by atoms with Gasteiger partial charge in [-0.3, -0.25) is 4.79 Å². The van der Waals surface area contributed by atoms with Crippen LogP contribution >= 0.6 is 0 Å². The van der Waals surface area contributed by atoms with Gasteiger partial charge in [0.05, 0.1) is 0 Å². The van der Waals surface area contributed by atoms with Crippen molar-refractivity contribution in [1.29, 1.82) is 0 Å². The van der Waals surface area contributed by atoms with E-state index >= 15 is 0 Å². The van der Waals surface area contributed by atoms with E-state index in [0.717, 1.165) is 5.56 Å². The zero-order valence-electron chi connectivity index (χ0n) is 8.33. The third-order valence-corrected chi connectivity index (χ3v) is 1.72. The fraction of sp³-hybridized carbons (Fsp3) is 0.250. The number of Topliss-reactive ketones (excluding diaryl/α,β-unsaturated/α-hetero) is 1. The van der Waals surface area contributed by atoms with Crippen molar-refractivity contribution in [1.82, 2.24) is 0 Å². The maximum Gasteiger partial charge on any atom is 0.159 e. The first-order chi connectivity index (χ1) is 6.74. The van der Waals surface area contributed by atoms with Crippen LogP contribution in [0.25, 0.3) is 0 Å². The zero-order chi connectivity index (χ0) is 10.4. The molecule has 2 nitrogen and oxygen atoms in total. The maximum atomic E-state index is 11.1. The van der Waals surface area contributed by atoms with Gasteiger partial charge in [0, 0.05) is 18.2 Å². The Morgan fingerprint density at radius 1 is 1.50 bits per heavy atom. The minimum absolute atomic E-state index is 0.0559. The predicted octanol–water partition coefficient (Wildman–Crippen LogP) is 1.89. The molecule has 0 amide bonds. The molecule has 1 aromatic carbocycles. The second-order valence-electron chi connectivity index (χ2n) is 2.87. The summed E-state index contributed by atoms with van der Waals surface area (Å²) in [6.07, 6.45) is 0. The van der Waals surface area contributed by atoms with E-state index in [1.807, 2.05) is 12.1 Å². The summed E-state index contributed by atoms with van der Waals surface area (Å²) in [5, 5.41) is 0. The lowest BCUT2D eigenvalue weighted by Gasteiger charge is -1.95. The van der Waals surface area contributed by atoms with Crippen LogP contribution in [-0.4, -0.2) is 19.5 Å². The maximum absolute atomic E-state index is 11.1. The van der Waals surface area contributed by atoms with E-state index in [9.17, 15) is 4.79 Å². The number of carbonyl (C=O) groups is 1. The monoisotopic (exact) mass is 188 g/mol. The highest BCUT2D eigenvalue weighted by Crippen LogP contribution is 2.04. The van der Waals surface area contributed by atoms with Gasteiger partial charge in [-0.25, -0.2) is 0 Å². The summed E-state index contributed by atoms with van der Waals surface area (Å²) in [4.78, 5) is 11.1. The summed E-state index contributed by atoms with van der Waals surface area (Å²) in [7, 11) is 1.60. The Bertz CT molecular complexity index is 383. The smallest absolute Gasteiger partial charge is 0.159 e. The molecular weight excluding hydrogens is 176 g/mol. The average Bonchev–Trinajstić information content (AvgIpc) is 2.19. The van der Waals surface area contributed by atoms with Crippen molar-refractivity contribution < 1.29 is 9.53 Å². The molecule has 0 saturated heterocycles.